The lowest BCUT2D eigenvalue weighted by molar-refractivity contribution is 0.0953. The van der Waals surface area contributed by atoms with Crippen LogP contribution in [-0.2, 0) is 6.54 Å². The topological polar surface area (TPSA) is 77.7 Å². The van der Waals surface area contributed by atoms with Crippen molar-refractivity contribution in [2.24, 2.45) is 0 Å². The third kappa shape index (κ3) is 5.59. The molecule has 3 aromatic heterocycles. The summed E-state index contributed by atoms with van der Waals surface area (Å²) in [5.41, 5.74) is 0.978. The lowest BCUT2D eigenvalue weighted by atomic mass is 10.1. The fourth-order valence-electron chi connectivity index (χ4n) is 4.41. The van der Waals surface area contributed by atoms with Crippen molar-refractivity contribution < 1.29 is 9.21 Å². The molecule has 3 aromatic rings. The van der Waals surface area contributed by atoms with Crippen molar-refractivity contribution in [1.29, 1.82) is 0 Å². The fraction of sp³-hybridized carbons (Fsp3) is 0.560. The van der Waals surface area contributed by atoms with Gasteiger partial charge in [-0.25, -0.2) is 9.97 Å². The SMILES string of the molecule is CC[C@H](C)N(CCCNC(=O)c1sc2ncnc(N3CCN(C)CC3)c2c1C)Cc1ccco1. The largest absolute Gasteiger partial charge is 0.468 e. The van der Waals surface area contributed by atoms with Gasteiger partial charge in [-0.1, -0.05) is 6.92 Å². The lowest BCUT2D eigenvalue weighted by Crippen LogP contribution is -2.44. The molecular weight excluding hydrogens is 448 g/mol. The molecule has 34 heavy (non-hydrogen) atoms. The van der Waals surface area contributed by atoms with Gasteiger partial charge in [-0.15, -0.1) is 11.3 Å². The minimum atomic E-state index is -0.0223. The Kier molecular flexibility index (Phi) is 8.18. The molecule has 0 unspecified atom stereocenters. The van der Waals surface area contributed by atoms with Gasteiger partial charge >= 0.3 is 0 Å². The van der Waals surface area contributed by atoms with Gasteiger partial charge in [0.15, 0.2) is 0 Å². The molecule has 0 saturated carbocycles. The first-order valence-corrected chi connectivity index (χ1v) is 13.0. The van der Waals surface area contributed by atoms with Gasteiger partial charge in [0.25, 0.3) is 5.91 Å². The smallest absolute Gasteiger partial charge is 0.261 e. The average molecular weight is 485 g/mol. The number of anilines is 1. The molecule has 0 aliphatic carbocycles. The Hall–Kier alpha value is -2.49. The molecule has 8 nitrogen and oxygen atoms in total. The summed E-state index contributed by atoms with van der Waals surface area (Å²) in [5.74, 6) is 1.90. The summed E-state index contributed by atoms with van der Waals surface area (Å²) in [6, 6.07) is 4.40. The van der Waals surface area contributed by atoms with Gasteiger partial charge in [-0.3, -0.25) is 9.69 Å². The second kappa shape index (κ2) is 11.3. The van der Waals surface area contributed by atoms with E-state index < -0.39 is 0 Å². The van der Waals surface area contributed by atoms with Crippen molar-refractivity contribution in [2.75, 3.05) is 51.2 Å². The molecule has 1 saturated heterocycles. The highest BCUT2D eigenvalue weighted by atomic mass is 32.1. The molecule has 4 heterocycles. The predicted octanol–water partition coefficient (Wildman–Crippen LogP) is 3.77. The van der Waals surface area contributed by atoms with E-state index in [1.165, 1.54) is 11.3 Å². The summed E-state index contributed by atoms with van der Waals surface area (Å²) >= 11 is 1.46. The maximum Gasteiger partial charge on any atom is 0.261 e. The van der Waals surface area contributed by atoms with E-state index in [-0.39, 0.29) is 5.91 Å². The summed E-state index contributed by atoms with van der Waals surface area (Å²) in [7, 11) is 2.14. The fourth-order valence-corrected chi connectivity index (χ4v) is 5.47. The first-order valence-electron chi connectivity index (χ1n) is 12.2. The number of carbonyl (C=O) groups excluding carboxylic acids is 1. The molecule has 9 heteroatoms. The number of nitrogens with zero attached hydrogens (tertiary/aromatic N) is 5. The number of likely N-dealkylation sites (N-methyl/N-ethyl adjacent to an activating group) is 1. The first-order chi connectivity index (χ1) is 16.5. The number of hydrogen-bond donors (Lipinski definition) is 1. The number of fused-ring (bicyclic) bond motifs is 1. The van der Waals surface area contributed by atoms with E-state index in [1.807, 2.05) is 19.1 Å². The second-order valence-electron chi connectivity index (χ2n) is 9.14. The number of piperazine rings is 1. The monoisotopic (exact) mass is 484 g/mol. The van der Waals surface area contributed by atoms with Crippen LogP contribution in [0.3, 0.4) is 0 Å². The van der Waals surface area contributed by atoms with E-state index in [0.29, 0.717) is 12.6 Å². The summed E-state index contributed by atoms with van der Waals surface area (Å²) in [5, 5.41) is 4.15. The van der Waals surface area contributed by atoms with Crippen molar-refractivity contribution >= 4 is 33.3 Å². The van der Waals surface area contributed by atoms with Crippen molar-refractivity contribution in [2.45, 2.75) is 46.2 Å². The quantitative estimate of drug-likeness (QED) is 0.439. The highest BCUT2D eigenvalue weighted by Gasteiger charge is 2.23. The van der Waals surface area contributed by atoms with E-state index >= 15 is 0 Å². The molecule has 1 atom stereocenters. The molecule has 1 aliphatic heterocycles. The van der Waals surface area contributed by atoms with Crippen molar-refractivity contribution in [3.05, 3.63) is 40.9 Å². The third-order valence-corrected chi connectivity index (χ3v) is 7.98. The van der Waals surface area contributed by atoms with E-state index in [0.717, 1.165) is 84.3 Å². The van der Waals surface area contributed by atoms with Crippen LogP contribution in [0, 0.1) is 6.92 Å². The number of hydrogen-bond acceptors (Lipinski definition) is 8. The number of furan rings is 1. The summed E-state index contributed by atoms with van der Waals surface area (Å²) in [6.07, 6.45) is 5.30. The average Bonchev–Trinajstić information content (AvgIpc) is 3.48. The molecule has 1 aliphatic rings. The van der Waals surface area contributed by atoms with Crippen LogP contribution in [0.5, 0.6) is 0 Å². The molecule has 184 valence electrons. The highest BCUT2D eigenvalue weighted by molar-refractivity contribution is 7.20. The van der Waals surface area contributed by atoms with Crippen molar-refractivity contribution in [3.8, 4) is 0 Å². The van der Waals surface area contributed by atoms with Crippen LogP contribution in [0.25, 0.3) is 10.2 Å². The van der Waals surface area contributed by atoms with Crippen LogP contribution in [-0.4, -0.2) is 78.0 Å². The van der Waals surface area contributed by atoms with E-state index in [9.17, 15) is 4.79 Å². The van der Waals surface area contributed by atoms with Gasteiger partial charge in [0.05, 0.1) is 23.1 Å². The predicted molar refractivity (Wildman–Crippen MR) is 138 cm³/mol. The Morgan fingerprint density at radius 3 is 2.79 bits per heavy atom. The molecule has 0 spiro atoms. The van der Waals surface area contributed by atoms with Crippen LogP contribution in [0.4, 0.5) is 5.82 Å². The number of rotatable bonds is 10. The number of carbonyl (C=O) groups is 1. The van der Waals surface area contributed by atoms with Gasteiger partial charge in [0.2, 0.25) is 0 Å². The number of aryl methyl sites for hydroxylation is 1. The zero-order valence-electron chi connectivity index (χ0n) is 20.7. The standard InChI is InChI=1S/C25H36N6O2S/c1-5-18(2)31(16-20-8-6-15-33-20)10-7-9-26-24(32)22-19(3)21-23(27-17-28-25(21)34-22)30-13-11-29(4)12-14-30/h6,8,15,17-18H,5,7,9-14,16H2,1-4H3,(H,26,32)/t18-/m0/s1. The van der Waals surface area contributed by atoms with Gasteiger partial charge in [-0.05, 0) is 51.4 Å². The maximum atomic E-state index is 13.1. The Labute approximate surface area is 206 Å². The van der Waals surface area contributed by atoms with E-state index in [1.54, 1.807) is 12.6 Å². The highest BCUT2D eigenvalue weighted by Crippen LogP contribution is 2.35. The zero-order chi connectivity index (χ0) is 24.1. The molecule has 1 amide bonds. The Morgan fingerprint density at radius 2 is 2.09 bits per heavy atom. The Bertz CT molecular complexity index is 1070. The maximum absolute atomic E-state index is 13.1. The number of amides is 1. The zero-order valence-corrected chi connectivity index (χ0v) is 21.5. The van der Waals surface area contributed by atoms with Crippen LogP contribution >= 0.6 is 11.3 Å². The summed E-state index contributed by atoms with van der Waals surface area (Å²) < 4.78 is 5.53. The number of nitrogens with one attached hydrogen (secondary N) is 1. The molecule has 0 bridgehead atoms. The van der Waals surface area contributed by atoms with Crippen molar-refractivity contribution in [1.82, 2.24) is 25.1 Å². The van der Waals surface area contributed by atoms with Gasteiger partial charge in [0.1, 0.15) is 22.7 Å². The molecule has 1 N–H and O–H groups in total. The summed E-state index contributed by atoms with van der Waals surface area (Å²) in [6.45, 7) is 12.7. The third-order valence-electron chi connectivity index (χ3n) is 6.78. The summed E-state index contributed by atoms with van der Waals surface area (Å²) in [4.78, 5) is 30.8. The van der Waals surface area contributed by atoms with Gasteiger partial charge < -0.3 is 19.5 Å². The van der Waals surface area contributed by atoms with Crippen molar-refractivity contribution in [3.63, 3.8) is 0 Å². The minimum absolute atomic E-state index is 0.0223. The van der Waals surface area contributed by atoms with Crippen LogP contribution in [0.15, 0.2) is 29.1 Å². The van der Waals surface area contributed by atoms with Gasteiger partial charge in [0, 0.05) is 45.3 Å². The Morgan fingerprint density at radius 1 is 1.29 bits per heavy atom. The number of aromatic nitrogens is 2. The van der Waals surface area contributed by atoms with E-state index in [4.69, 9.17) is 4.42 Å². The second-order valence-corrected chi connectivity index (χ2v) is 10.1. The molecular formula is C25H36N6O2S. The molecule has 0 aromatic carbocycles. The minimum Gasteiger partial charge on any atom is -0.468 e. The number of thiophene rings is 1. The van der Waals surface area contributed by atoms with Crippen LogP contribution in [0.1, 0.15) is 47.7 Å². The Balaban J connectivity index is 1.38. The molecule has 4 rings (SSSR count). The van der Waals surface area contributed by atoms with Gasteiger partial charge in [-0.2, -0.15) is 0 Å². The molecule has 1 fully saturated rings. The van der Waals surface area contributed by atoms with E-state index in [2.05, 4.69) is 50.9 Å². The normalized spacial score (nSPS) is 15.9. The van der Waals surface area contributed by atoms with Crippen LogP contribution < -0.4 is 10.2 Å². The molecule has 0 radical (unpaired) electrons. The lowest BCUT2D eigenvalue weighted by Gasteiger charge is -2.33. The van der Waals surface area contributed by atoms with Crippen LogP contribution in [0.2, 0.25) is 0 Å². The first kappa shape index (κ1) is 24.6.